The van der Waals surface area contributed by atoms with Gasteiger partial charge in [0.15, 0.2) is 0 Å². The number of rotatable bonds is 8. The van der Waals surface area contributed by atoms with E-state index in [4.69, 9.17) is 11.6 Å². The first-order chi connectivity index (χ1) is 15.0. The maximum Gasteiger partial charge on any atom is 0.256 e. The zero-order valence-corrected chi connectivity index (χ0v) is 18.4. The molecule has 1 aliphatic rings. The molecule has 0 N–H and O–H groups in total. The molecule has 0 radical (unpaired) electrons. The predicted molar refractivity (Wildman–Crippen MR) is 120 cm³/mol. The lowest BCUT2D eigenvalue weighted by Crippen LogP contribution is -2.43. The summed E-state index contributed by atoms with van der Waals surface area (Å²) in [5.74, 6) is -0.686. The summed E-state index contributed by atoms with van der Waals surface area (Å²) in [5.41, 5.74) is 1.24. The number of thiophene rings is 1. The number of hydrogen-bond donors (Lipinski definition) is 0. The van der Waals surface area contributed by atoms with Crippen molar-refractivity contribution in [2.45, 2.75) is 32.0 Å². The summed E-state index contributed by atoms with van der Waals surface area (Å²) < 4.78 is 13.3. The minimum Gasteiger partial charge on any atom is -0.332 e. The maximum atomic E-state index is 13.3. The lowest BCUT2D eigenvalue weighted by molar-refractivity contribution is -0.133. The van der Waals surface area contributed by atoms with Gasteiger partial charge in [-0.25, -0.2) is 4.39 Å². The molecular weight excluding hydrogens is 435 g/mol. The zero-order chi connectivity index (χ0) is 21.8. The van der Waals surface area contributed by atoms with Crippen molar-refractivity contribution in [1.82, 2.24) is 9.80 Å². The van der Waals surface area contributed by atoms with E-state index < -0.39 is 0 Å². The lowest BCUT2D eigenvalue weighted by atomic mass is 10.2. The molecule has 1 aliphatic carbocycles. The van der Waals surface area contributed by atoms with E-state index in [2.05, 4.69) is 0 Å². The highest BCUT2D eigenvalue weighted by molar-refractivity contribution is 7.09. The van der Waals surface area contributed by atoms with Crippen molar-refractivity contribution in [2.75, 3.05) is 6.54 Å². The fourth-order valence-electron chi connectivity index (χ4n) is 3.42. The Kier molecular flexibility index (Phi) is 6.68. The third-order valence-electron chi connectivity index (χ3n) is 5.22. The largest absolute Gasteiger partial charge is 0.332 e. The van der Waals surface area contributed by atoms with E-state index in [9.17, 15) is 14.0 Å². The van der Waals surface area contributed by atoms with Crippen LogP contribution in [0.5, 0.6) is 0 Å². The van der Waals surface area contributed by atoms with Crippen molar-refractivity contribution in [2.24, 2.45) is 0 Å². The minimum atomic E-state index is -0.315. The number of nitrogens with zero attached hydrogens (tertiary/aromatic N) is 2. The monoisotopic (exact) mass is 456 g/mol. The van der Waals surface area contributed by atoms with Crippen LogP contribution in [-0.4, -0.2) is 34.2 Å². The van der Waals surface area contributed by atoms with Crippen molar-refractivity contribution in [3.63, 3.8) is 0 Å². The van der Waals surface area contributed by atoms with Crippen LogP contribution in [0.1, 0.15) is 33.6 Å². The van der Waals surface area contributed by atoms with Gasteiger partial charge in [0.25, 0.3) is 5.91 Å². The Morgan fingerprint density at radius 3 is 2.39 bits per heavy atom. The Balaban J connectivity index is 1.53. The third kappa shape index (κ3) is 5.51. The average Bonchev–Trinajstić information content (AvgIpc) is 3.48. The molecule has 0 unspecified atom stereocenters. The van der Waals surface area contributed by atoms with Gasteiger partial charge in [0.1, 0.15) is 12.4 Å². The van der Waals surface area contributed by atoms with Crippen LogP contribution >= 0.6 is 22.9 Å². The highest BCUT2D eigenvalue weighted by Gasteiger charge is 2.35. The molecule has 31 heavy (non-hydrogen) atoms. The van der Waals surface area contributed by atoms with Gasteiger partial charge < -0.3 is 9.80 Å². The molecule has 1 aromatic heterocycles. The highest BCUT2D eigenvalue weighted by atomic mass is 35.5. The molecule has 2 amide bonds. The van der Waals surface area contributed by atoms with Gasteiger partial charge in [0, 0.05) is 17.5 Å². The molecule has 1 fully saturated rings. The van der Waals surface area contributed by atoms with Crippen LogP contribution < -0.4 is 0 Å². The first-order valence-electron chi connectivity index (χ1n) is 10.1. The van der Waals surface area contributed by atoms with Crippen LogP contribution in [0.2, 0.25) is 5.02 Å². The second kappa shape index (κ2) is 9.62. The summed E-state index contributed by atoms with van der Waals surface area (Å²) in [6.07, 6.45) is 1.76. The molecule has 7 heteroatoms. The Labute approximate surface area is 189 Å². The molecule has 2 aromatic carbocycles. The third-order valence-corrected chi connectivity index (χ3v) is 6.42. The molecule has 0 saturated heterocycles. The average molecular weight is 457 g/mol. The van der Waals surface area contributed by atoms with E-state index in [1.165, 1.54) is 12.1 Å². The van der Waals surface area contributed by atoms with Gasteiger partial charge in [-0.3, -0.25) is 9.59 Å². The standard InChI is InChI=1S/C24H22ClFN2O2S/c25-22-6-2-1-5-21(22)24(30)28(19-11-12-19)16-23(29)27(15-20-4-3-13-31-20)14-17-7-9-18(26)10-8-17/h1-10,13,19H,11-12,14-16H2. The Morgan fingerprint density at radius 1 is 1.00 bits per heavy atom. The summed E-state index contributed by atoms with van der Waals surface area (Å²) in [4.78, 5) is 30.9. The fourth-order valence-corrected chi connectivity index (χ4v) is 4.36. The van der Waals surface area contributed by atoms with Crippen LogP contribution in [0.3, 0.4) is 0 Å². The van der Waals surface area contributed by atoms with E-state index in [0.29, 0.717) is 23.7 Å². The van der Waals surface area contributed by atoms with Gasteiger partial charge in [-0.05, 0) is 54.1 Å². The number of halogens is 2. The number of carbonyl (C=O) groups excluding carboxylic acids is 2. The molecule has 1 saturated carbocycles. The summed E-state index contributed by atoms with van der Waals surface area (Å²) >= 11 is 7.80. The van der Waals surface area contributed by atoms with Gasteiger partial charge >= 0.3 is 0 Å². The van der Waals surface area contributed by atoms with Crippen LogP contribution in [0.4, 0.5) is 4.39 Å². The Hall–Kier alpha value is -2.70. The van der Waals surface area contributed by atoms with Gasteiger partial charge in [0.05, 0.1) is 17.1 Å². The number of hydrogen-bond acceptors (Lipinski definition) is 3. The van der Waals surface area contributed by atoms with E-state index in [1.54, 1.807) is 57.5 Å². The molecule has 0 spiro atoms. The van der Waals surface area contributed by atoms with Crippen molar-refractivity contribution in [1.29, 1.82) is 0 Å². The topological polar surface area (TPSA) is 40.6 Å². The molecule has 4 rings (SSSR count). The lowest BCUT2D eigenvalue weighted by Gasteiger charge is -2.28. The van der Waals surface area contributed by atoms with Crippen LogP contribution in [-0.2, 0) is 17.9 Å². The summed E-state index contributed by atoms with van der Waals surface area (Å²) in [5, 5.41) is 2.35. The van der Waals surface area contributed by atoms with Crippen molar-refractivity contribution >= 4 is 34.8 Å². The minimum absolute atomic E-state index is 0.0126. The number of benzene rings is 2. The van der Waals surface area contributed by atoms with Gasteiger partial charge in [0.2, 0.25) is 5.91 Å². The second-order valence-electron chi connectivity index (χ2n) is 7.60. The van der Waals surface area contributed by atoms with E-state index in [1.807, 2.05) is 17.5 Å². The molecule has 0 aliphatic heterocycles. The van der Waals surface area contributed by atoms with Crippen LogP contribution in [0.15, 0.2) is 66.0 Å². The quantitative estimate of drug-likeness (QED) is 0.457. The number of amides is 2. The van der Waals surface area contributed by atoms with Crippen LogP contribution in [0.25, 0.3) is 0 Å². The normalized spacial score (nSPS) is 13.1. The van der Waals surface area contributed by atoms with Crippen molar-refractivity contribution in [3.8, 4) is 0 Å². The van der Waals surface area contributed by atoms with Crippen molar-refractivity contribution < 1.29 is 14.0 Å². The zero-order valence-electron chi connectivity index (χ0n) is 16.8. The smallest absolute Gasteiger partial charge is 0.256 e. The number of carbonyl (C=O) groups is 2. The van der Waals surface area contributed by atoms with Crippen LogP contribution in [0, 0.1) is 5.82 Å². The summed E-state index contributed by atoms with van der Waals surface area (Å²) in [6.45, 7) is 0.768. The summed E-state index contributed by atoms with van der Waals surface area (Å²) in [6, 6.07) is 17.0. The molecule has 1 heterocycles. The van der Waals surface area contributed by atoms with Gasteiger partial charge in [-0.1, -0.05) is 41.9 Å². The molecule has 3 aromatic rings. The van der Waals surface area contributed by atoms with Gasteiger partial charge in [-0.15, -0.1) is 11.3 Å². The second-order valence-corrected chi connectivity index (χ2v) is 9.04. The van der Waals surface area contributed by atoms with Gasteiger partial charge in [-0.2, -0.15) is 0 Å². The first kappa shape index (κ1) is 21.5. The van der Waals surface area contributed by atoms with E-state index >= 15 is 0 Å². The Morgan fingerprint density at radius 2 is 1.74 bits per heavy atom. The van der Waals surface area contributed by atoms with Crippen molar-refractivity contribution in [3.05, 3.63) is 92.9 Å². The highest BCUT2D eigenvalue weighted by Crippen LogP contribution is 2.30. The fraction of sp³-hybridized carbons (Fsp3) is 0.250. The maximum absolute atomic E-state index is 13.3. The first-order valence-corrected chi connectivity index (χ1v) is 11.4. The molecule has 0 bridgehead atoms. The predicted octanol–water partition coefficient (Wildman–Crippen LogP) is 5.37. The van der Waals surface area contributed by atoms with E-state index in [0.717, 1.165) is 23.3 Å². The molecule has 0 atom stereocenters. The molecular formula is C24H22ClFN2O2S. The Bertz CT molecular complexity index is 1050. The molecule has 160 valence electrons. The van der Waals surface area contributed by atoms with E-state index in [-0.39, 0.29) is 30.2 Å². The SMILES string of the molecule is O=C(CN(C(=O)c1ccccc1Cl)C1CC1)N(Cc1ccc(F)cc1)Cc1cccs1. The molecule has 4 nitrogen and oxygen atoms in total. The summed E-state index contributed by atoms with van der Waals surface area (Å²) in [7, 11) is 0.